The Bertz CT molecular complexity index is 1430. The zero-order valence-electron chi connectivity index (χ0n) is 25.6. The minimum atomic E-state index is -0.692. The SMILES string of the molecule is Cc1cc(C)[n+](C)c2c1c(C(=O)N1C(C)(C)C(C)(C)N(C(=O)c3ccccc3)C(C)(C)C1(C)C)c(C)n2C. The molecule has 0 saturated carbocycles. The van der Waals surface area contributed by atoms with Crippen LogP contribution in [-0.4, -0.2) is 48.3 Å². The van der Waals surface area contributed by atoms with Crippen molar-refractivity contribution >= 4 is 22.8 Å². The Morgan fingerprint density at radius 3 is 1.66 bits per heavy atom. The van der Waals surface area contributed by atoms with Gasteiger partial charge in [0.25, 0.3) is 17.5 Å². The molecule has 1 aliphatic rings. The molecule has 0 atom stereocenters. The van der Waals surface area contributed by atoms with E-state index in [0.717, 1.165) is 33.5 Å². The zero-order valence-corrected chi connectivity index (χ0v) is 25.6. The summed E-state index contributed by atoms with van der Waals surface area (Å²) in [5, 5.41) is 0.994. The van der Waals surface area contributed by atoms with Gasteiger partial charge in [-0.25, -0.2) is 9.13 Å². The average molecular weight is 518 g/mol. The van der Waals surface area contributed by atoms with Crippen LogP contribution in [0.4, 0.5) is 0 Å². The second-order valence-electron chi connectivity index (χ2n) is 13.1. The van der Waals surface area contributed by atoms with Gasteiger partial charge in [0, 0.05) is 5.56 Å². The van der Waals surface area contributed by atoms with E-state index in [4.69, 9.17) is 0 Å². The van der Waals surface area contributed by atoms with Gasteiger partial charge in [-0.2, -0.15) is 0 Å². The van der Waals surface area contributed by atoms with E-state index in [1.165, 1.54) is 0 Å². The maximum atomic E-state index is 14.9. The first-order valence-electron chi connectivity index (χ1n) is 13.5. The Balaban J connectivity index is 1.98. The van der Waals surface area contributed by atoms with Crippen molar-refractivity contribution in [3.8, 4) is 0 Å². The first-order valence-corrected chi connectivity index (χ1v) is 13.5. The molecule has 0 bridgehead atoms. The smallest absolute Gasteiger partial charge is 0.289 e. The molecule has 0 N–H and O–H groups in total. The highest BCUT2D eigenvalue weighted by atomic mass is 16.2. The number of piperazine rings is 1. The summed E-state index contributed by atoms with van der Waals surface area (Å²) in [5.74, 6) is -0.0171. The van der Waals surface area contributed by atoms with Crippen LogP contribution < -0.4 is 4.57 Å². The highest BCUT2D eigenvalue weighted by Gasteiger charge is 2.66. The molecular weight excluding hydrogens is 472 g/mol. The van der Waals surface area contributed by atoms with E-state index in [1.54, 1.807) is 0 Å². The predicted molar refractivity (Wildman–Crippen MR) is 153 cm³/mol. The molecule has 2 amide bonds. The van der Waals surface area contributed by atoms with Gasteiger partial charge in [-0.15, -0.1) is 0 Å². The summed E-state index contributed by atoms with van der Waals surface area (Å²) >= 11 is 0. The van der Waals surface area contributed by atoms with E-state index in [-0.39, 0.29) is 11.8 Å². The third-order valence-electron chi connectivity index (χ3n) is 10.2. The quantitative estimate of drug-likeness (QED) is 0.413. The molecule has 38 heavy (non-hydrogen) atoms. The third kappa shape index (κ3) is 3.41. The van der Waals surface area contributed by atoms with Crippen LogP contribution in [0.3, 0.4) is 0 Å². The molecule has 0 unspecified atom stereocenters. The number of amides is 2. The number of pyridine rings is 1. The van der Waals surface area contributed by atoms with Crippen molar-refractivity contribution in [2.75, 3.05) is 0 Å². The largest absolute Gasteiger partial charge is 0.324 e. The number of carbonyl (C=O) groups is 2. The van der Waals surface area contributed by atoms with Gasteiger partial charge < -0.3 is 9.80 Å². The number of nitrogens with zero attached hydrogens (tertiary/aromatic N) is 4. The highest BCUT2D eigenvalue weighted by molar-refractivity contribution is 6.09. The Hall–Kier alpha value is -3.15. The van der Waals surface area contributed by atoms with Crippen LogP contribution in [-0.2, 0) is 14.1 Å². The number of aromatic nitrogens is 2. The van der Waals surface area contributed by atoms with Crippen LogP contribution in [0.1, 0.15) is 93.1 Å². The van der Waals surface area contributed by atoms with Crippen LogP contribution >= 0.6 is 0 Å². The molecule has 1 aliphatic heterocycles. The van der Waals surface area contributed by atoms with Crippen LogP contribution in [0, 0.1) is 20.8 Å². The molecule has 0 spiro atoms. The van der Waals surface area contributed by atoms with Crippen molar-refractivity contribution in [2.45, 2.75) is 98.3 Å². The first-order chi connectivity index (χ1) is 17.3. The van der Waals surface area contributed by atoms with Crippen LogP contribution in [0.15, 0.2) is 36.4 Å². The fourth-order valence-corrected chi connectivity index (χ4v) is 6.79. The van der Waals surface area contributed by atoms with E-state index >= 15 is 0 Å². The first kappa shape index (κ1) is 27.9. The van der Waals surface area contributed by atoms with Gasteiger partial charge in [0.15, 0.2) is 0 Å². The lowest BCUT2D eigenvalue weighted by atomic mass is 9.64. The summed E-state index contributed by atoms with van der Waals surface area (Å²) in [6.07, 6.45) is 0. The maximum absolute atomic E-state index is 14.9. The monoisotopic (exact) mass is 517 g/mol. The summed E-state index contributed by atoms with van der Waals surface area (Å²) in [6.45, 7) is 23.0. The predicted octanol–water partition coefficient (Wildman–Crippen LogP) is 5.64. The normalized spacial score (nSPS) is 19.6. The summed E-state index contributed by atoms with van der Waals surface area (Å²) in [7, 11) is 4.09. The molecule has 2 aromatic heterocycles. The number of rotatable bonds is 2. The van der Waals surface area contributed by atoms with Gasteiger partial charge in [-0.3, -0.25) is 9.59 Å². The molecule has 204 valence electrons. The van der Waals surface area contributed by atoms with Crippen LogP contribution in [0.5, 0.6) is 0 Å². The lowest BCUT2D eigenvalue weighted by Crippen LogP contribution is -2.85. The second kappa shape index (κ2) is 8.42. The van der Waals surface area contributed by atoms with Crippen molar-refractivity contribution < 1.29 is 14.2 Å². The van der Waals surface area contributed by atoms with Crippen molar-refractivity contribution in [3.63, 3.8) is 0 Å². The summed E-state index contributed by atoms with van der Waals surface area (Å²) < 4.78 is 4.29. The maximum Gasteiger partial charge on any atom is 0.289 e. The third-order valence-corrected chi connectivity index (χ3v) is 10.2. The lowest BCUT2D eigenvalue weighted by Gasteiger charge is -2.71. The minimum Gasteiger partial charge on any atom is -0.324 e. The van der Waals surface area contributed by atoms with Crippen molar-refractivity contribution in [3.05, 3.63) is 64.5 Å². The standard InChI is InChI=1S/C32H45N4O2/c1-20-19-21(2)33(12)26-24(20)25(22(3)34(26)13)28(38)36-31(8,9)29(4,5)35(30(6,7)32(36,10)11)27(37)23-17-15-14-16-18-23/h14-19H,1-13H3/q+1. The molecule has 4 rings (SSSR count). The number of hydrogen-bond donors (Lipinski definition) is 0. The zero-order chi connectivity index (χ0) is 28.7. The number of fused-ring (bicyclic) bond motifs is 1. The summed E-state index contributed by atoms with van der Waals surface area (Å²) in [6, 6.07) is 11.6. The van der Waals surface area contributed by atoms with E-state index in [2.05, 4.69) is 96.4 Å². The summed E-state index contributed by atoms with van der Waals surface area (Å²) in [5.41, 5.74) is 2.88. The van der Waals surface area contributed by atoms with Gasteiger partial charge in [0.2, 0.25) is 0 Å². The Labute approximate surface area is 228 Å². The second-order valence-corrected chi connectivity index (χ2v) is 13.1. The molecule has 1 fully saturated rings. The Morgan fingerprint density at radius 1 is 0.737 bits per heavy atom. The van der Waals surface area contributed by atoms with Gasteiger partial charge in [0.05, 0.1) is 47.2 Å². The molecule has 3 aromatic rings. The topological polar surface area (TPSA) is 49.4 Å². The molecule has 6 nitrogen and oxygen atoms in total. The Morgan fingerprint density at radius 2 is 1.18 bits per heavy atom. The summed E-state index contributed by atoms with van der Waals surface area (Å²) in [4.78, 5) is 33.1. The fourth-order valence-electron chi connectivity index (χ4n) is 6.79. The van der Waals surface area contributed by atoms with E-state index in [9.17, 15) is 9.59 Å². The minimum absolute atomic E-state index is 0.00279. The van der Waals surface area contributed by atoms with Crippen molar-refractivity contribution in [2.24, 2.45) is 14.1 Å². The van der Waals surface area contributed by atoms with Gasteiger partial charge in [0.1, 0.15) is 11.4 Å². The number of benzene rings is 1. The van der Waals surface area contributed by atoms with Crippen molar-refractivity contribution in [1.82, 2.24) is 14.4 Å². The van der Waals surface area contributed by atoms with Crippen molar-refractivity contribution in [1.29, 1.82) is 0 Å². The van der Waals surface area contributed by atoms with E-state index < -0.39 is 22.2 Å². The molecule has 3 heterocycles. The number of hydrogen-bond acceptors (Lipinski definition) is 2. The van der Waals surface area contributed by atoms with Crippen LogP contribution in [0.25, 0.3) is 11.0 Å². The average Bonchev–Trinajstić information content (AvgIpc) is 3.07. The molecule has 1 saturated heterocycles. The molecule has 0 aliphatic carbocycles. The number of carbonyl (C=O) groups excluding carboxylic acids is 2. The van der Waals surface area contributed by atoms with Gasteiger partial charge >= 0.3 is 0 Å². The van der Waals surface area contributed by atoms with E-state index in [1.807, 2.05) is 49.2 Å². The lowest BCUT2D eigenvalue weighted by molar-refractivity contribution is -0.654. The molecule has 0 radical (unpaired) electrons. The molecule has 6 heteroatoms. The van der Waals surface area contributed by atoms with Crippen LogP contribution in [0.2, 0.25) is 0 Å². The number of aryl methyl sites for hydroxylation is 4. The molecular formula is C32H45N4O2+. The van der Waals surface area contributed by atoms with Gasteiger partial charge in [-0.05, 0) is 99.9 Å². The highest BCUT2D eigenvalue weighted by Crippen LogP contribution is 2.52. The molecule has 1 aromatic carbocycles. The van der Waals surface area contributed by atoms with E-state index in [0.29, 0.717) is 5.56 Å². The fraction of sp³-hybridized carbons (Fsp3) is 0.531. The Kier molecular flexibility index (Phi) is 6.18. The van der Waals surface area contributed by atoms with Gasteiger partial charge in [-0.1, -0.05) is 18.2 Å².